The normalized spacial score (nSPS) is 21.7. The van der Waals surface area contributed by atoms with E-state index < -0.39 is 0 Å². The van der Waals surface area contributed by atoms with Crippen LogP contribution >= 0.6 is 0 Å². The zero-order valence-electron chi connectivity index (χ0n) is 8.89. The van der Waals surface area contributed by atoms with E-state index >= 15 is 0 Å². The van der Waals surface area contributed by atoms with E-state index in [1.807, 2.05) is 13.0 Å². The predicted octanol–water partition coefficient (Wildman–Crippen LogP) is -0.0511. The van der Waals surface area contributed by atoms with Gasteiger partial charge in [0.05, 0.1) is 19.3 Å². The molecule has 0 spiro atoms. The lowest BCUT2D eigenvalue weighted by molar-refractivity contribution is 0.0958. The first-order valence-corrected chi connectivity index (χ1v) is 5.14. The van der Waals surface area contributed by atoms with Gasteiger partial charge in [-0.25, -0.2) is 9.97 Å². The van der Waals surface area contributed by atoms with E-state index in [2.05, 4.69) is 14.9 Å². The number of rotatable bonds is 2. The fraction of sp³-hybridized carbons (Fsp3) is 0.600. The summed E-state index contributed by atoms with van der Waals surface area (Å²) in [6.07, 6.45) is 1.59. The number of hydrogen-bond donors (Lipinski definition) is 1. The van der Waals surface area contributed by atoms with E-state index in [-0.39, 0.29) is 6.04 Å². The van der Waals surface area contributed by atoms with Crippen LogP contribution in [-0.4, -0.2) is 42.3 Å². The summed E-state index contributed by atoms with van der Waals surface area (Å²) < 4.78 is 5.39. The topological polar surface area (TPSA) is 64.3 Å². The van der Waals surface area contributed by atoms with Gasteiger partial charge in [0.15, 0.2) is 0 Å². The molecule has 15 heavy (non-hydrogen) atoms. The van der Waals surface area contributed by atoms with Gasteiger partial charge in [0.25, 0.3) is 0 Å². The molecular formula is C10H16N4O. The molecule has 2 rings (SSSR count). The first kappa shape index (κ1) is 10.3. The van der Waals surface area contributed by atoms with Gasteiger partial charge >= 0.3 is 0 Å². The van der Waals surface area contributed by atoms with Gasteiger partial charge in [-0.2, -0.15) is 0 Å². The van der Waals surface area contributed by atoms with Crippen molar-refractivity contribution in [2.24, 2.45) is 5.73 Å². The molecule has 0 aliphatic carbocycles. The summed E-state index contributed by atoms with van der Waals surface area (Å²) in [6, 6.07) is 2.21. The number of nitrogens with two attached hydrogens (primary N) is 1. The Labute approximate surface area is 89.3 Å². The van der Waals surface area contributed by atoms with Crippen LogP contribution in [0.15, 0.2) is 12.4 Å². The summed E-state index contributed by atoms with van der Waals surface area (Å²) in [5, 5.41) is 0. The molecule has 1 aliphatic rings. The Morgan fingerprint density at radius 1 is 1.60 bits per heavy atom. The lowest BCUT2D eigenvalue weighted by atomic mass is 10.2. The Morgan fingerprint density at radius 2 is 2.47 bits per heavy atom. The number of aryl methyl sites for hydroxylation is 1. The minimum atomic E-state index is 0.230. The van der Waals surface area contributed by atoms with Gasteiger partial charge in [-0.3, -0.25) is 0 Å². The largest absolute Gasteiger partial charge is 0.377 e. The van der Waals surface area contributed by atoms with Gasteiger partial charge in [0, 0.05) is 24.8 Å². The van der Waals surface area contributed by atoms with Crippen molar-refractivity contribution in [1.29, 1.82) is 0 Å². The van der Waals surface area contributed by atoms with Crippen molar-refractivity contribution in [2.45, 2.75) is 13.0 Å². The molecule has 1 aromatic rings. The third kappa shape index (κ3) is 2.24. The highest BCUT2D eigenvalue weighted by molar-refractivity contribution is 5.40. The fourth-order valence-corrected chi connectivity index (χ4v) is 1.75. The van der Waals surface area contributed by atoms with Gasteiger partial charge in [-0.1, -0.05) is 0 Å². The molecule has 5 nitrogen and oxygen atoms in total. The standard InChI is InChI=1S/C10H16N4O/c1-8-4-10(13-7-12-8)14-2-3-15-6-9(14)5-11/h4,7,9H,2-3,5-6,11H2,1H3. The molecule has 1 unspecified atom stereocenters. The van der Waals surface area contributed by atoms with Crippen LogP contribution in [0.5, 0.6) is 0 Å². The van der Waals surface area contributed by atoms with E-state index in [4.69, 9.17) is 10.5 Å². The number of anilines is 1. The number of morpholine rings is 1. The average molecular weight is 208 g/mol. The van der Waals surface area contributed by atoms with Crippen molar-refractivity contribution in [3.05, 3.63) is 18.1 Å². The quantitative estimate of drug-likeness (QED) is 0.738. The van der Waals surface area contributed by atoms with Crippen molar-refractivity contribution < 1.29 is 4.74 Å². The van der Waals surface area contributed by atoms with Crippen LogP contribution in [0.2, 0.25) is 0 Å². The molecule has 0 bridgehead atoms. The molecule has 0 saturated carbocycles. The molecule has 1 fully saturated rings. The van der Waals surface area contributed by atoms with Gasteiger partial charge in [0.2, 0.25) is 0 Å². The Kier molecular flexibility index (Phi) is 3.13. The molecule has 2 heterocycles. The van der Waals surface area contributed by atoms with E-state index in [1.165, 1.54) is 0 Å². The summed E-state index contributed by atoms with van der Waals surface area (Å²) in [4.78, 5) is 10.5. The monoisotopic (exact) mass is 208 g/mol. The number of aromatic nitrogens is 2. The van der Waals surface area contributed by atoms with Crippen LogP contribution in [0, 0.1) is 6.92 Å². The van der Waals surface area contributed by atoms with Gasteiger partial charge in [-0.15, -0.1) is 0 Å². The van der Waals surface area contributed by atoms with Crippen LogP contribution in [-0.2, 0) is 4.74 Å². The summed E-state index contributed by atoms with van der Waals surface area (Å²) in [5.74, 6) is 0.946. The molecular weight excluding hydrogens is 192 g/mol. The van der Waals surface area contributed by atoms with Crippen LogP contribution in [0.1, 0.15) is 5.69 Å². The third-order valence-corrected chi connectivity index (χ3v) is 2.58. The van der Waals surface area contributed by atoms with Crippen LogP contribution in [0.4, 0.5) is 5.82 Å². The van der Waals surface area contributed by atoms with Crippen molar-refractivity contribution in [2.75, 3.05) is 31.2 Å². The smallest absolute Gasteiger partial charge is 0.132 e. The highest BCUT2D eigenvalue weighted by atomic mass is 16.5. The summed E-state index contributed by atoms with van der Waals surface area (Å²) in [5.41, 5.74) is 6.68. The van der Waals surface area contributed by atoms with Crippen LogP contribution in [0.3, 0.4) is 0 Å². The zero-order chi connectivity index (χ0) is 10.7. The van der Waals surface area contributed by atoms with Crippen LogP contribution < -0.4 is 10.6 Å². The first-order valence-electron chi connectivity index (χ1n) is 5.14. The summed E-state index contributed by atoms with van der Waals surface area (Å²) >= 11 is 0. The summed E-state index contributed by atoms with van der Waals surface area (Å²) in [6.45, 7) is 4.81. The Balaban J connectivity index is 2.20. The minimum Gasteiger partial charge on any atom is -0.377 e. The van der Waals surface area contributed by atoms with Gasteiger partial charge in [-0.05, 0) is 6.92 Å². The van der Waals surface area contributed by atoms with E-state index in [1.54, 1.807) is 6.33 Å². The van der Waals surface area contributed by atoms with Crippen molar-refractivity contribution in [3.63, 3.8) is 0 Å². The molecule has 1 aromatic heterocycles. The Morgan fingerprint density at radius 3 is 3.20 bits per heavy atom. The maximum Gasteiger partial charge on any atom is 0.132 e. The van der Waals surface area contributed by atoms with Crippen molar-refractivity contribution >= 4 is 5.82 Å². The van der Waals surface area contributed by atoms with Gasteiger partial charge in [0.1, 0.15) is 12.1 Å². The van der Waals surface area contributed by atoms with Crippen molar-refractivity contribution in [1.82, 2.24) is 9.97 Å². The average Bonchev–Trinajstić information content (AvgIpc) is 2.29. The number of hydrogen-bond acceptors (Lipinski definition) is 5. The second kappa shape index (κ2) is 4.55. The van der Waals surface area contributed by atoms with Gasteiger partial charge < -0.3 is 15.4 Å². The maximum absolute atomic E-state index is 5.70. The molecule has 1 aliphatic heterocycles. The second-order valence-electron chi connectivity index (χ2n) is 3.68. The first-order chi connectivity index (χ1) is 7.31. The van der Waals surface area contributed by atoms with Crippen LogP contribution in [0.25, 0.3) is 0 Å². The van der Waals surface area contributed by atoms with E-state index in [9.17, 15) is 0 Å². The van der Waals surface area contributed by atoms with E-state index in [0.717, 1.165) is 24.7 Å². The fourth-order valence-electron chi connectivity index (χ4n) is 1.75. The number of nitrogens with zero attached hydrogens (tertiary/aromatic N) is 3. The molecule has 1 atom stereocenters. The number of ether oxygens (including phenoxy) is 1. The minimum absolute atomic E-state index is 0.230. The lowest BCUT2D eigenvalue weighted by Gasteiger charge is -2.35. The van der Waals surface area contributed by atoms with Crippen molar-refractivity contribution in [3.8, 4) is 0 Å². The molecule has 0 aromatic carbocycles. The molecule has 82 valence electrons. The predicted molar refractivity (Wildman–Crippen MR) is 57.8 cm³/mol. The highest BCUT2D eigenvalue weighted by Gasteiger charge is 2.22. The highest BCUT2D eigenvalue weighted by Crippen LogP contribution is 2.16. The SMILES string of the molecule is Cc1cc(N2CCOCC2CN)ncn1. The molecule has 0 radical (unpaired) electrons. The third-order valence-electron chi connectivity index (χ3n) is 2.58. The lowest BCUT2D eigenvalue weighted by Crippen LogP contribution is -2.49. The summed E-state index contributed by atoms with van der Waals surface area (Å²) in [7, 11) is 0. The Bertz CT molecular complexity index is 331. The second-order valence-corrected chi connectivity index (χ2v) is 3.68. The maximum atomic E-state index is 5.70. The molecule has 0 amide bonds. The van der Waals surface area contributed by atoms with E-state index in [0.29, 0.717) is 13.2 Å². The zero-order valence-corrected chi connectivity index (χ0v) is 8.89. The Hall–Kier alpha value is -1.20. The molecule has 2 N–H and O–H groups in total. The molecule has 1 saturated heterocycles. The molecule has 5 heteroatoms.